The Labute approximate surface area is 170 Å². The average molecular weight is 434 g/mol. The quantitative estimate of drug-likeness (QED) is 0.666. The molecule has 0 aliphatic carbocycles. The van der Waals surface area contributed by atoms with Gasteiger partial charge in [0.05, 0.1) is 10.5 Å². The van der Waals surface area contributed by atoms with Crippen molar-refractivity contribution >= 4 is 21.8 Å². The van der Waals surface area contributed by atoms with Gasteiger partial charge in [-0.3, -0.25) is 4.79 Å². The molecule has 1 atom stereocenters. The molecule has 0 unspecified atom stereocenters. The highest BCUT2D eigenvalue weighted by atomic mass is 79.9. The van der Waals surface area contributed by atoms with E-state index in [0.717, 1.165) is 10.2 Å². The molecule has 0 aliphatic heterocycles. The maximum atomic E-state index is 12.1. The lowest BCUT2D eigenvalue weighted by Crippen LogP contribution is -2.39. The van der Waals surface area contributed by atoms with Gasteiger partial charge in [0, 0.05) is 0 Å². The van der Waals surface area contributed by atoms with Crippen molar-refractivity contribution in [1.82, 2.24) is 5.32 Å². The third kappa shape index (κ3) is 6.90. The lowest BCUT2D eigenvalue weighted by molar-refractivity contribution is -0.123. The van der Waals surface area contributed by atoms with Crippen molar-refractivity contribution in [3.63, 3.8) is 0 Å². The van der Waals surface area contributed by atoms with Gasteiger partial charge in [0.15, 0.2) is 6.61 Å². The normalized spacial score (nSPS) is 12.4. The fourth-order valence-corrected chi connectivity index (χ4v) is 2.93. The lowest BCUT2D eigenvalue weighted by atomic mass is 9.87. The summed E-state index contributed by atoms with van der Waals surface area (Å²) in [5.41, 5.74) is 2.45. The van der Waals surface area contributed by atoms with Gasteiger partial charge in [-0.05, 0) is 65.0 Å². The molecule has 0 fully saturated rings. The van der Waals surface area contributed by atoms with Gasteiger partial charge < -0.3 is 14.8 Å². The molecule has 1 amide bonds. The minimum absolute atomic E-state index is 0.0393. The number of hydrogen-bond donors (Lipinski definition) is 1. The fourth-order valence-electron chi connectivity index (χ4n) is 2.44. The second-order valence-electron chi connectivity index (χ2n) is 7.78. The van der Waals surface area contributed by atoms with Crippen LogP contribution in [0.2, 0.25) is 0 Å². The summed E-state index contributed by atoms with van der Waals surface area (Å²) in [6.07, 6.45) is 0. The third-order valence-corrected chi connectivity index (χ3v) is 4.70. The zero-order valence-corrected chi connectivity index (χ0v) is 18.2. The predicted octanol–water partition coefficient (Wildman–Crippen LogP) is 5.02. The van der Waals surface area contributed by atoms with Gasteiger partial charge in [0.1, 0.15) is 18.1 Å². The predicted molar refractivity (Wildman–Crippen MR) is 113 cm³/mol. The van der Waals surface area contributed by atoms with E-state index in [1.165, 1.54) is 11.1 Å². The molecular formula is C22H28BrNO3. The Morgan fingerprint density at radius 3 is 2.37 bits per heavy atom. The second kappa shape index (κ2) is 9.27. The molecule has 0 aliphatic rings. The molecule has 4 nitrogen and oxygen atoms in total. The maximum absolute atomic E-state index is 12.1. The smallest absolute Gasteiger partial charge is 0.258 e. The SMILES string of the molecule is Cc1ccc(OC[C@@H](C)NC(=O)COc2ccc(C(C)(C)C)cc2Br)cc1. The van der Waals surface area contributed by atoms with E-state index < -0.39 is 0 Å². The van der Waals surface area contributed by atoms with Crippen LogP contribution in [0.5, 0.6) is 11.5 Å². The van der Waals surface area contributed by atoms with E-state index >= 15 is 0 Å². The van der Waals surface area contributed by atoms with Crippen molar-refractivity contribution in [3.05, 3.63) is 58.1 Å². The summed E-state index contributed by atoms with van der Waals surface area (Å²) in [4.78, 5) is 12.1. The first-order valence-corrected chi connectivity index (χ1v) is 9.86. The Hall–Kier alpha value is -2.01. The van der Waals surface area contributed by atoms with Gasteiger partial charge in [-0.25, -0.2) is 0 Å². The zero-order chi connectivity index (χ0) is 20.0. The molecule has 0 heterocycles. The van der Waals surface area contributed by atoms with Gasteiger partial charge in [-0.15, -0.1) is 0 Å². The molecule has 0 spiro atoms. The number of carbonyl (C=O) groups is 1. The Balaban J connectivity index is 1.79. The highest BCUT2D eigenvalue weighted by Gasteiger charge is 2.16. The summed E-state index contributed by atoms with van der Waals surface area (Å²) in [5, 5.41) is 2.88. The number of aryl methyl sites for hydroxylation is 1. The van der Waals surface area contributed by atoms with Crippen LogP contribution in [0.25, 0.3) is 0 Å². The number of hydrogen-bond acceptors (Lipinski definition) is 3. The van der Waals surface area contributed by atoms with E-state index in [1.54, 1.807) is 0 Å². The summed E-state index contributed by atoms with van der Waals surface area (Å²) in [7, 11) is 0. The number of benzene rings is 2. The van der Waals surface area contributed by atoms with Crippen LogP contribution in [0, 0.1) is 6.92 Å². The van der Waals surface area contributed by atoms with Crippen molar-refractivity contribution in [2.75, 3.05) is 13.2 Å². The maximum Gasteiger partial charge on any atom is 0.258 e. The summed E-state index contributed by atoms with van der Waals surface area (Å²) in [6.45, 7) is 10.8. The number of carbonyl (C=O) groups excluding carboxylic acids is 1. The Kier molecular flexibility index (Phi) is 7.31. The van der Waals surface area contributed by atoms with E-state index in [0.29, 0.717) is 12.4 Å². The summed E-state index contributed by atoms with van der Waals surface area (Å²) >= 11 is 3.52. The number of halogens is 1. The molecule has 0 aromatic heterocycles. The second-order valence-corrected chi connectivity index (χ2v) is 8.63. The van der Waals surface area contributed by atoms with Gasteiger partial charge in [0.25, 0.3) is 5.91 Å². The first-order chi connectivity index (χ1) is 12.6. The minimum Gasteiger partial charge on any atom is -0.491 e. The van der Waals surface area contributed by atoms with Gasteiger partial charge >= 0.3 is 0 Å². The zero-order valence-electron chi connectivity index (χ0n) is 16.6. The molecule has 2 aromatic rings. The standard InChI is InChI=1S/C22H28BrNO3/c1-15-6-9-18(10-7-15)26-13-16(2)24-21(25)14-27-20-11-8-17(12-19(20)23)22(3,4)5/h6-12,16H,13-14H2,1-5H3,(H,24,25)/t16-/m1/s1. The van der Waals surface area contributed by atoms with Crippen LogP contribution >= 0.6 is 15.9 Å². The first-order valence-electron chi connectivity index (χ1n) is 9.07. The van der Waals surface area contributed by atoms with Crippen LogP contribution in [0.4, 0.5) is 0 Å². The number of ether oxygens (including phenoxy) is 2. The van der Waals surface area contributed by atoms with E-state index in [1.807, 2.05) is 56.3 Å². The Morgan fingerprint density at radius 1 is 1.11 bits per heavy atom. The summed E-state index contributed by atoms with van der Waals surface area (Å²) in [6, 6.07) is 13.7. The molecule has 0 bridgehead atoms. The monoisotopic (exact) mass is 433 g/mol. The summed E-state index contributed by atoms with van der Waals surface area (Å²) < 4.78 is 12.2. The van der Waals surface area contributed by atoms with Crippen molar-refractivity contribution in [1.29, 1.82) is 0 Å². The molecule has 5 heteroatoms. The molecule has 2 aromatic carbocycles. The van der Waals surface area contributed by atoms with E-state index in [4.69, 9.17) is 9.47 Å². The van der Waals surface area contributed by atoms with E-state index in [2.05, 4.69) is 42.0 Å². The van der Waals surface area contributed by atoms with E-state index in [-0.39, 0.29) is 24.0 Å². The van der Waals surface area contributed by atoms with Gasteiger partial charge in [-0.2, -0.15) is 0 Å². The highest BCUT2D eigenvalue weighted by molar-refractivity contribution is 9.10. The van der Waals surface area contributed by atoms with Crippen molar-refractivity contribution < 1.29 is 14.3 Å². The Bertz CT molecular complexity index is 766. The molecule has 146 valence electrons. The molecular weight excluding hydrogens is 406 g/mol. The highest BCUT2D eigenvalue weighted by Crippen LogP contribution is 2.31. The molecule has 0 saturated carbocycles. The lowest BCUT2D eigenvalue weighted by Gasteiger charge is -2.20. The van der Waals surface area contributed by atoms with Crippen LogP contribution in [0.1, 0.15) is 38.8 Å². The topological polar surface area (TPSA) is 47.6 Å². The van der Waals surface area contributed by atoms with Crippen LogP contribution < -0.4 is 14.8 Å². The fraction of sp³-hybridized carbons (Fsp3) is 0.409. The molecule has 1 N–H and O–H groups in total. The molecule has 2 rings (SSSR count). The van der Waals surface area contributed by atoms with Gasteiger partial charge in [0.2, 0.25) is 0 Å². The van der Waals surface area contributed by atoms with Crippen LogP contribution in [-0.4, -0.2) is 25.2 Å². The average Bonchev–Trinajstić information content (AvgIpc) is 2.59. The first kappa shape index (κ1) is 21.3. The van der Waals surface area contributed by atoms with Crippen LogP contribution in [-0.2, 0) is 10.2 Å². The van der Waals surface area contributed by atoms with Crippen molar-refractivity contribution in [2.24, 2.45) is 0 Å². The molecule has 27 heavy (non-hydrogen) atoms. The summed E-state index contributed by atoms with van der Waals surface area (Å²) in [5.74, 6) is 1.27. The van der Waals surface area contributed by atoms with Gasteiger partial charge in [-0.1, -0.05) is 44.5 Å². The minimum atomic E-state index is -0.179. The largest absolute Gasteiger partial charge is 0.491 e. The Morgan fingerprint density at radius 2 is 1.78 bits per heavy atom. The van der Waals surface area contributed by atoms with Crippen molar-refractivity contribution in [3.8, 4) is 11.5 Å². The third-order valence-electron chi connectivity index (χ3n) is 4.09. The number of nitrogens with one attached hydrogen (secondary N) is 1. The van der Waals surface area contributed by atoms with Crippen LogP contribution in [0.15, 0.2) is 46.9 Å². The molecule has 0 saturated heterocycles. The van der Waals surface area contributed by atoms with Crippen LogP contribution in [0.3, 0.4) is 0 Å². The van der Waals surface area contributed by atoms with E-state index in [9.17, 15) is 4.79 Å². The number of rotatable bonds is 7. The van der Waals surface area contributed by atoms with Crippen molar-refractivity contribution in [2.45, 2.75) is 46.1 Å². The molecule has 0 radical (unpaired) electrons. The number of amides is 1.